The monoisotopic (exact) mass is 492 g/mol. The lowest BCUT2D eigenvalue weighted by atomic mass is 9.96. The maximum absolute atomic E-state index is 12.1. The molecule has 1 saturated heterocycles. The molecule has 6 heteroatoms. The fourth-order valence-electron chi connectivity index (χ4n) is 4.81. The van der Waals surface area contributed by atoms with Crippen LogP contribution in [0.5, 0.6) is 0 Å². The second-order valence-corrected chi connectivity index (χ2v) is 10.4. The molecule has 1 unspecified atom stereocenters. The van der Waals surface area contributed by atoms with E-state index >= 15 is 0 Å². The van der Waals surface area contributed by atoms with Crippen molar-refractivity contribution in [3.63, 3.8) is 0 Å². The molecule has 1 fully saturated rings. The summed E-state index contributed by atoms with van der Waals surface area (Å²) in [7, 11) is 0. The fourth-order valence-corrected chi connectivity index (χ4v) is 6.10. The van der Waals surface area contributed by atoms with Gasteiger partial charge >= 0.3 is 5.97 Å². The van der Waals surface area contributed by atoms with E-state index in [1.54, 1.807) is 0 Å². The molecule has 0 bridgehead atoms. The van der Waals surface area contributed by atoms with E-state index in [1.807, 2.05) is 48.2 Å². The number of nitrogens with zero attached hydrogens (tertiary/aromatic N) is 2. The van der Waals surface area contributed by atoms with E-state index in [2.05, 4.69) is 46.2 Å². The molecule has 0 aromatic heterocycles. The Morgan fingerprint density at radius 1 is 0.941 bits per heavy atom. The number of hydrogen-bond donors (Lipinski definition) is 0. The van der Waals surface area contributed by atoms with Crippen molar-refractivity contribution in [2.24, 2.45) is 0 Å². The predicted octanol–water partition coefficient (Wildman–Crippen LogP) is 5.49. The molecule has 4 nitrogen and oxygen atoms in total. The summed E-state index contributed by atoms with van der Waals surface area (Å²) in [5.41, 5.74) is 3.72. The summed E-state index contributed by atoms with van der Waals surface area (Å²) in [6.45, 7) is 5.13. The largest absolute Gasteiger partial charge is 0.464 e. The van der Waals surface area contributed by atoms with Crippen LogP contribution in [0.3, 0.4) is 0 Å². The average molecular weight is 493 g/mol. The Morgan fingerprint density at radius 2 is 1.71 bits per heavy atom. The van der Waals surface area contributed by atoms with Crippen LogP contribution in [0.25, 0.3) is 0 Å². The van der Waals surface area contributed by atoms with Crippen LogP contribution in [0.1, 0.15) is 22.7 Å². The van der Waals surface area contributed by atoms with E-state index in [1.165, 1.54) is 20.9 Å². The summed E-state index contributed by atoms with van der Waals surface area (Å²) in [6.07, 6.45) is 1.32. The maximum Gasteiger partial charge on any atom is 0.310 e. The number of ether oxygens (including phenoxy) is 1. The zero-order chi connectivity index (χ0) is 23.3. The molecule has 1 atom stereocenters. The van der Waals surface area contributed by atoms with Crippen molar-refractivity contribution in [1.29, 1.82) is 0 Å². The Labute approximate surface area is 210 Å². The predicted molar refractivity (Wildman–Crippen MR) is 138 cm³/mol. The van der Waals surface area contributed by atoms with E-state index < -0.39 is 0 Å². The SMILES string of the molecule is O=C(Cc1ccccc1)OCCN1CCN(C2Cc3ccccc3Sc3ccc(Cl)cc32)CC1. The van der Waals surface area contributed by atoms with Gasteiger partial charge in [0.05, 0.1) is 6.42 Å². The highest BCUT2D eigenvalue weighted by atomic mass is 35.5. The highest BCUT2D eigenvalue weighted by Crippen LogP contribution is 2.43. The topological polar surface area (TPSA) is 32.8 Å². The molecule has 0 radical (unpaired) electrons. The first-order chi connectivity index (χ1) is 16.7. The van der Waals surface area contributed by atoms with Crippen LogP contribution < -0.4 is 0 Å². The van der Waals surface area contributed by atoms with Gasteiger partial charge in [0.15, 0.2) is 0 Å². The number of halogens is 1. The number of piperazine rings is 1. The average Bonchev–Trinajstić information content (AvgIpc) is 3.02. The molecule has 2 heterocycles. The van der Waals surface area contributed by atoms with Crippen molar-refractivity contribution in [2.75, 3.05) is 39.3 Å². The molecule has 0 amide bonds. The Bertz CT molecular complexity index is 1130. The first-order valence-corrected chi connectivity index (χ1v) is 13.1. The third-order valence-corrected chi connectivity index (χ3v) is 8.09. The van der Waals surface area contributed by atoms with Crippen LogP contribution in [0.4, 0.5) is 0 Å². The van der Waals surface area contributed by atoms with Crippen LogP contribution in [0.15, 0.2) is 82.6 Å². The fraction of sp³-hybridized carbons (Fsp3) is 0.321. The van der Waals surface area contributed by atoms with Gasteiger partial charge in [-0.2, -0.15) is 0 Å². The second kappa shape index (κ2) is 11.0. The summed E-state index contributed by atoms with van der Waals surface area (Å²) >= 11 is 8.28. The molecular formula is C28H29ClN2O2S. The summed E-state index contributed by atoms with van der Waals surface area (Å²) in [4.78, 5) is 19.8. The van der Waals surface area contributed by atoms with Crippen LogP contribution in [-0.4, -0.2) is 55.1 Å². The first-order valence-electron chi connectivity index (χ1n) is 11.9. The molecule has 3 aromatic carbocycles. The van der Waals surface area contributed by atoms with E-state index in [-0.39, 0.29) is 5.97 Å². The van der Waals surface area contributed by atoms with Gasteiger partial charge in [0.1, 0.15) is 6.61 Å². The molecule has 0 N–H and O–H groups in total. The van der Waals surface area contributed by atoms with E-state index in [4.69, 9.17) is 16.3 Å². The minimum absolute atomic E-state index is 0.159. The van der Waals surface area contributed by atoms with Gasteiger partial charge in [-0.25, -0.2) is 0 Å². The van der Waals surface area contributed by atoms with Crippen LogP contribution in [-0.2, 0) is 22.4 Å². The van der Waals surface area contributed by atoms with Crippen molar-refractivity contribution in [3.05, 3.63) is 94.5 Å². The van der Waals surface area contributed by atoms with Crippen LogP contribution in [0, 0.1) is 0 Å². The number of hydrogen-bond acceptors (Lipinski definition) is 5. The van der Waals surface area contributed by atoms with Gasteiger partial charge in [-0.15, -0.1) is 0 Å². The Morgan fingerprint density at radius 3 is 2.53 bits per heavy atom. The Hall–Kier alpha value is -2.31. The lowest BCUT2D eigenvalue weighted by molar-refractivity contribution is -0.143. The number of rotatable bonds is 6. The maximum atomic E-state index is 12.1. The van der Waals surface area contributed by atoms with Crippen LogP contribution in [0.2, 0.25) is 5.02 Å². The van der Waals surface area contributed by atoms with Gasteiger partial charge in [-0.05, 0) is 47.4 Å². The second-order valence-electron chi connectivity index (χ2n) is 8.87. The lowest BCUT2D eigenvalue weighted by Gasteiger charge is -2.39. The number of esters is 1. The molecule has 176 valence electrons. The van der Waals surface area contributed by atoms with Crippen LogP contribution >= 0.6 is 23.4 Å². The molecule has 3 aromatic rings. The third kappa shape index (κ3) is 5.66. The normalized spacial score (nSPS) is 18.6. The number of carbonyl (C=O) groups is 1. The lowest BCUT2D eigenvalue weighted by Crippen LogP contribution is -2.48. The molecule has 5 rings (SSSR count). The summed E-state index contributed by atoms with van der Waals surface area (Å²) in [6, 6.07) is 25.1. The third-order valence-electron chi connectivity index (χ3n) is 6.65. The van der Waals surface area contributed by atoms with Gasteiger partial charge in [-0.3, -0.25) is 14.6 Å². The van der Waals surface area contributed by atoms with Crippen molar-refractivity contribution in [1.82, 2.24) is 9.80 Å². The molecule has 0 aliphatic carbocycles. The zero-order valence-electron chi connectivity index (χ0n) is 19.2. The molecular weight excluding hydrogens is 464 g/mol. The minimum Gasteiger partial charge on any atom is -0.464 e. The highest BCUT2D eigenvalue weighted by molar-refractivity contribution is 7.99. The van der Waals surface area contributed by atoms with Crippen molar-refractivity contribution in [3.8, 4) is 0 Å². The van der Waals surface area contributed by atoms with Crippen molar-refractivity contribution in [2.45, 2.75) is 28.7 Å². The summed E-state index contributed by atoms with van der Waals surface area (Å²) in [5, 5.41) is 0.797. The van der Waals surface area contributed by atoms with Gasteiger partial charge in [0.25, 0.3) is 0 Å². The van der Waals surface area contributed by atoms with Gasteiger partial charge in [0, 0.05) is 53.6 Å². The van der Waals surface area contributed by atoms with Gasteiger partial charge in [-0.1, -0.05) is 71.9 Å². The van der Waals surface area contributed by atoms with E-state index in [0.29, 0.717) is 19.1 Å². The Kier molecular flexibility index (Phi) is 7.55. The standard InChI is InChI=1S/C28H29ClN2O2S/c29-23-10-11-27-24(20-23)25(19-22-8-4-5-9-26(22)34-27)31-14-12-30(13-15-31)16-17-33-28(32)18-21-6-2-1-3-7-21/h1-11,20,25H,12-19H2. The van der Waals surface area contributed by atoms with Gasteiger partial charge in [0.2, 0.25) is 0 Å². The molecule has 2 aliphatic heterocycles. The summed E-state index contributed by atoms with van der Waals surface area (Å²) < 4.78 is 5.50. The molecule has 34 heavy (non-hydrogen) atoms. The number of fused-ring (bicyclic) bond motifs is 2. The van der Waals surface area contributed by atoms with Crippen molar-refractivity contribution < 1.29 is 9.53 Å². The molecule has 2 aliphatic rings. The first kappa shape index (κ1) is 23.4. The number of carbonyl (C=O) groups excluding carboxylic acids is 1. The smallest absolute Gasteiger partial charge is 0.310 e. The summed E-state index contributed by atoms with van der Waals surface area (Å²) in [5.74, 6) is -0.159. The van der Waals surface area contributed by atoms with E-state index in [0.717, 1.165) is 49.7 Å². The molecule has 0 spiro atoms. The highest BCUT2D eigenvalue weighted by Gasteiger charge is 2.30. The quantitative estimate of drug-likeness (QED) is 0.425. The number of benzene rings is 3. The van der Waals surface area contributed by atoms with Gasteiger partial charge < -0.3 is 4.74 Å². The minimum atomic E-state index is -0.159. The zero-order valence-corrected chi connectivity index (χ0v) is 20.7. The van der Waals surface area contributed by atoms with E-state index in [9.17, 15) is 4.79 Å². The molecule has 0 saturated carbocycles. The Balaban J connectivity index is 1.17. The van der Waals surface area contributed by atoms with Crippen molar-refractivity contribution >= 4 is 29.3 Å².